The Morgan fingerprint density at radius 3 is 2.42 bits per heavy atom. The predicted octanol–water partition coefficient (Wildman–Crippen LogP) is 2.62. The minimum absolute atomic E-state index is 0.361. The summed E-state index contributed by atoms with van der Waals surface area (Å²) in [6.07, 6.45) is 3.23. The van der Waals surface area contributed by atoms with Crippen LogP contribution in [0.25, 0.3) is 0 Å². The van der Waals surface area contributed by atoms with Crippen molar-refractivity contribution in [2.75, 3.05) is 0 Å². The molecule has 0 aromatic heterocycles. The largest absolute Gasteiger partial charge is 0.242 e. The molecule has 0 saturated heterocycles. The zero-order chi connectivity index (χ0) is 9.56. The van der Waals surface area contributed by atoms with Gasteiger partial charge in [-0.05, 0) is 26.0 Å². The monoisotopic (exact) mass is 160 g/mol. The molecule has 0 aromatic rings. The number of allylic oxidation sites excluding steroid dienone is 4. The molecule has 0 aliphatic heterocycles. The topological polar surface area (TPSA) is 36.1 Å². The molecule has 0 aliphatic carbocycles. The maximum Gasteiger partial charge on any atom is 0.140 e. The fraction of sp³-hybridized carbons (Fsp3) is 0.200. The second-order valence-electron chi connectivity index (χ2n) is 2.45. The highest BCUT2D eigenvalue weighted by molar-refractivity contribution is 5.93. The second-order valence-corrected chi connectivity index (χ2v) is 2.45. The average Bonchev–Trinajstić information content (AvgIpc) is 2.02. The van der Waals surface area contributed by atoms with E-state index in [1.807, 2.05) is 13.0 Å². The molecule has 0 heterocycles. The quantitative estimate of drug-likeness (QED) is 0.355. The standard InChI is InChI=1S/C10H12N2/c1-5-9(4)12-10(7-11)6-8(2)3/h5-6H,1-2H2,3-4H3/b10-6-,12-9?. The SMILES string of the molecule is C=CC(C)=N/C(C#N)=C\C(=C)C. The van der Waals surface area contributed by atoms with Gasteiger partial charge in [0.15, 0.2) is 0 Å². The maximum atomic E-state index is 8.62. The minimum Gasteiger partial charge on any atom is -0.242 e. The highest BCUT2D eigenvalue weighted by Crippen LogP contribution is 2.01. The highest BCUT2D eigenvalue weighted by Gasteiger charge is 1.90. The van der Waals surface area contributed by atoms with Crippen LogP contribution in [0.2, 0.25) is 0 Å². The van der Waals surface area contributed by atoms with Crippen LogP contribution in [0.3, 0.4) is 0 Å². The highest BCUT2D eigenvalue weighted by atomic mass is 14.7. The van der Waals surface area contributed by atoms with Gasteiger partial charge in [-0.25, -0.2) is 4.99 Å². The molecule has 0 unspecified atom stereocenters. The lowest BCUT2D eigenvalue weighted by atomic mass is 10.3. The fourth-order valence-electron chi connectivity index (χ4n) is 0.559. The lowest BCUT2D eigenvalue weighted by molar-refractivity contribution is 1.35. The van der Waals surface area contributed by atoms with Crippen LogP contribution in [-0.4, -0.2) is 5.71 Å². The Morgan fingerprint density at radius 2 is 2.08 bits per heavy atom. The van der Waals surface area contributed by atoms with Gasteiger partial charge in [-0.1, -0.05) is 18.7 Å². The van der Waals surface area contributed by atoms with E-state index >= 15 is 0 Å². The minimum atomic E-state index is 0.361. The first-order valence-electron chi connectivity index (χ1n) is 3.55. The average molecular weight is 160 g/mol. The summed E-state index contributed by atoms with van der Waals surface area (Å²) in [7, 11) is 0. The van der Waals surface area contributed by atoms with Gasteiger partial charge in [-0.3, -0.25) is 0 Å². The lowest BCUT2D eigenvalue weighted by Crippen LogP contribution is -1.84. The van der Waals surface area contributed by atoms with E-state index in [2.05, 4.69) is 18.2 Å². The molecule has 62 valence electrons. The van der Waals surface area contributed by atoms with Crippen molar-refractivity contribution in [3.05, 3.63) is 36.6 Å². The van der Waals surface area contributed by atoms with Gasteiger partial charge < -0.3 is 0 Å². The Balaban J connectivity index is 4.73. The summed E-state index contributed by atoms with van der Waals surface area (Å²) >= 11 is 0. The summed E-state index contributed by atoms with van der Waals surface area (Å²) in [5.74, 6) is 0. The van der Waals surface area contributed by atoms with Gasteiger partial charge in [0.05, 0.1) is 0 Å². The van der Waals surface area contributed by atoms with Crippen molar-refractivity contribution in [2.24, 2.45) is 4.99 Å². The van der Waals surface area contributed by atoms with Crippen LogP contribution in [0.5, 0.6) is 0 Å². The molecule has 0 N–H and O–H groups in total. The molecule has 0 fully saturated rings. The first kappa shape index (κ1) is 10.4. The zero-order valence-electron chi connectivity index (χ0n) is 7.46. The van der Waals surface area contributed by atoms with E-state index in [9.17, 15) is 0 Å². The number of aliphatic imine (C=N–C) groups is 1. The Morgan fingerprint density at radius 1 is 1.50 bits per heavy atom. The molecule has 0 aliphatic rings. The van der Waals surface area contributed by atoms with Crippen molar-refractivity contribution >= 4 is 5.71 Å². The summed E-state index contributed by atoms with van der Waals surface area (Å²) in [5.41, 5.74) is 1.90. The molecule has 0 bridgehead atoms. The van der Waals surface area contributed by atoms with E-state index in [0.717, 1.165) is 11.3 Å². The van der Waals surface area contributed by atoms with Crippen molar-refractivity contribution in [3.63, 3.8) is 0 Å². The first-order valence-corrected chi connectivity index (χ1v) is 3.55. The second kappa shape index (κ2) is 5.09. The van der Waals surface area contributed by atoms with Crippen LogP contribution in [0.15, 0.2) is 41.6 Å². The summed E-state index contributed by atoms with van der Waals surface area (Å²) in [4.78, 5) is 3.99. The Bertz CT molecular complexity index is 287. The van der Waals surface area contributed by atoms with Crippen LogP contribution in [0.4, 0.5) is 0 Å². The number of rotatable bonds is 3. The van der Waals surface area contributed by atoms with Gasteiger partial charge >= 0.3 is 0 Å². The van der Waals surface area contributed by atoms with E-state index in [-0.39, 0.29) is 0 Å². The molecule has 0 spiro atoms. The molecule has 2 nitrogen and oxygen atoms in total. The number of hydrogen-bond donors (Lipinski definition) is 0. The van der Waals surface area contributed by atoms with Gasteiger partial charge in [0, 0.05) is 5.71 Å². The molecule has 0 aromatic carbocycles. The van der Waals surface area contributed by atoms with E-state index in [1.165, 1.54) is 0 Å². The lowest BCUT2D eigenvalue weighted by Gasteiger charge is -1.91. The van der Waals surface area contributed by atoms with Gasteiger partial charge in [-0.2, -0.15) is 5.26 Å². The first-order chi connectivity index (χ1) is 5.60. The molecular weight excluding hydrogens is 148 g/mol. The van der Waals surface area contributed by atoms with E-state index in [1.54, 1.807) is 19.1 Å². The molecule has 12 heavy (non-hydrogen) atoms. The fourth-order valence-corrected chi connectivity index (χ4v) is 0.559. The zero-order valence-corrected chi connectivity index (χ0v) is 7.46. The third kappa shape index (κ3) is 4.24. The van der Waals surface area contributed by atoms with Crippen molar-refractivity contribution in [1.29, 1.82) is 5.26 Å². The van der Waals surface area contributed by atoms with Crippen molar-refractivity contribution in [3.8, 4) is 6.07 Å². The van der Waals surface area contributed by atoms with E-state index < -0.39 is 0 Å². The van der Waals surface area contributed by atoms with E-state index in [4.69, 9.17) is 5.26 Å². The third-order valence-electron chi connectivity index (χ3n) is 1.09. The van der Waals surface area contributed by atoms with Gasteiger partial charge in [0.1, 0.15) is 11.8 Å². The number of nitriles is 1. The van der Waals surface area contributed by atoms with E-state index in [0.29, 0.717) is 5.70 Å². The third-order valence-corrected chi connectivity index (χ3v) is 1.09. The molecule has 0 saturated carbocycles. The van der Waals surface area contributed by atoms with Crippen molar-refractivity contribution in [2.45, 2.75) is 13.8 Å². The van der Waals surface area contributed by atoms with Crippen LogP contribution in [0, 0.1) is 11.3 Å². The van der Waals surface area contributed by atoms with Crippen LogP contribution in [-0.2, 0) is 0 Å². The smallest absolute Gasteiger partial charge is 0.140 e. The van der Waals surface area contributed by atoms with Crippen molar-refractivity contribution < 1.29 is 0 Å². The van der Waals surface area contributed by atoms with Gasteiger partial charge in [-0.15, -0.1) is 0 Å². The number of hydrogen-bond acceptors (Lipinski definition) is 2. The Labute approximate surface area is 73.2 Å². The molecule has 0 atom stereocenters. The van der Waals surface area contributed by atoms with Crippen LogP contribution >= 0.6 is 0 Å². The molecule has 0 rings (SSSR count). The Kier molecular flexibility index (Phi) is 4.40. The molecular formula is C10H12N2. The molecule has 0 radical (unpaired) electrons. The summed E-state index contributed by atoms with van der Waals surface area (Å²) < 4.78 is 0. The maximum absolute atomic E-state index is 8.62. The number of nitrogens with zero attached hydrogens (tertiary/aromatic N) is 2. The normalized spacial score (nSPS) is 12.1. The predicted molar refractivity (Wildman–Crippen MR) is 51.8 cm³/mol. The van der Waals surface area contributed by atoms with Crippen molar-refractivity contribution in [1.82, 2.24) is 0 Å². The Hall–Kier alpha value is -1.62. The van der Waals surface area contributed by atoms with Gasteiger partial charge in [0.25, 0.3) is 0 Å². The van der Waals surface area contributed by atoms with Crippen LogP contribution in [0.1, 0.15) is 13.8 Å². The van der Waals surface area contributed by atoms with Crippen LogP contribution < -0.4 is 0 Å². The summed E-state index contributed by atoms with van der Waals surface area (Å²) in [5, 5.41) is 8.62. The summed E-state index contributed by atoms with van der Waals surface area (Å²) in [6.45, 7) is 10.8. The summed E-state index contributed by atoms with van der Waals surface area (Å²) in [6, 6.07) is 1.96. The molecule has 0 amide bonds. The molecule has 2 heteroatoms. The van der Waals surface area contributed by atoms with Gasteiger partial charge in [0.2, 0.25) is 0 Å².